The van der Waals surface area contributed by atoms with Gasteiger partial charge in [0.1, 0.15) is 28.8 Å². The number of ether oxygens (including phenoxy) is 7. The topological polar surface area (TPSA) is 188 Å². The molecule has 3 N–H and O–H groups in total. The number of carbonyl (C=O) groups is 3. The van der Waals surface area contributed by atoms with E-state index in [0.29, 0.717) is 44.3 Å². The molecule has 292 valence electrons. The molecule has 1 amide bonds. The van der Waals surface area contributed by atoms with Crippen molar-refractivity contribution < 1.29 is 52.0 Å². The Morgan fingerprint density at radius 1 is 0.804 bits per heavy atom. The first kappa shape index (κ1) is 39.0. The number of methoxy groups -OCH3 is 4. The Morgan fingerprint density at radius 2 is 1.41 bits per heavy atom. The molecule has 2 atom stereocenters. The number of rotatable bonds is 11. The number of alkyl carbamates (subject to hydrolysis) is 1. The van der Waals surface area contributed by atoms with Crippen LogP contribution in [-0.4, -0.2) is 68.6 Å². The molecule has 3 aromatic heterocycles. The van der Waals surface area contributed by atoms with E-state index in [-0.39, 0.29) is 34.1 Å². The summed E-state index contributed by atoms with van der Waals surface area (Å²) in [4.78, 5) is 52.3. The number of fused-ring (bicyclic) bond motifs is 7. The molecule has 0 aliphatic carbocycles. The lowest BCUT2D eigenvalue weighted by molar-refractivity contribution is -0.136. The van der Waals surface area contributed by atoms with Crippen molar-refractivity contribution in [1.82, 2.24) is 9.72 Å². The summed E-state index contributed by atoms with van der Waals surface area (Å²) in [6.45, 7) is 10.2. The molecule has 15 heteroatoms. The maximum Gasteiger partial charge on any atom is 0.408 e. The van der Waals surface area contributed by atoms with Crippen molar-refractivity contribution in [2.75, 3.05) is 28.4 Å². The molecule has 0 bridgehead atoms. The Morgan fingerprint density at radius 3 is 2.04 bits per heavy atom. The molecule has 6 aromatic rings. The summed E-state index contributed by atoms with van der Waals surface area (Å²) < 4.78 is 46.7. The Bertz CT molecular complexity index is 2620. The Labute approximate surface area is 320 Å². The SMILES string of the molecule is C=C[C@H](NC(=O)OC(C)(C)C)C(=O)Oc1cc2oc(=O)c3c(c(-c4ccc(OC(=O)[C@H](C)N)c(OC)c4)c4c5cc(OC)c(OC)cc5ccn43)c2cc1OC. The quantitative estimate of drug-likeness (QED) is 0.0648. The Balaban J connectivity index is 1.63. The standard InChI is InChI=1S/C41H41N3O12/c1-10-25(43-40(48)56-41(3,4)5)38(46)55-32-19-27-24(18-31(32)52-9)34-33(22-11-12-26(28(16-22)49-6)53-37(45)20(2)42)35-23-17-30(51-8)29(50-7)15-21(23)13-14-44(35)36(34)39(47)54-27/h10-20,25H,1,42H2,2-9H3,(H,43,48)/t20-,25-/m0/s1. The third kappa shape index (κ3) is 7.23. The number of nitrogens with two attached hydrogens (primary N) is 1. The largest absolute Gasteiger partial charge is 0.493 e. The van der Waals surface area contributed by atoms with Crippen molar-refractivity contribution in [3.05, 3.63) is 77.8 Å². The van der Waals surface area contributed by atoms with Gasteiger partial charge in [0, 0.05) is 34.0 Å². The number of aromatic nitrogens is 1. The van der Waals surface area contributed by atoms with E-state index in [9.17, 15) is 19.2 Å². The van der Waals surface area contributed by atoms with Crippen LogP contribution in [0.3, 0.4) is 0 Å². The summed E-state index contributed by atoms with van der Waals surface area (Å²) in [6.07, 6.45) is 2.08. The van der Waals surface area contributed by atoms with Crippen molar-refractivity contribution in [3.63, 3.8) is 0 Å². The minimum atomic E-state index is -1.29. The molecule has 6 rings (SSSR count). The lowest BCUT2D eigenvalue weighted by atomic mass is 9.97. The highest BCUT2D eigenvalue weighted by atomic mass is 16.6. The van der Waals surface area contributed by atoms with Gasteiger partial charge in [0.25, 0.3) is 0 Å². The van der Waals surface area contributed by atoms with Gasteiger partial charge >= 0.3 is 23.7 Å². The third-order valence-electron chi connectivity index (χ3n) is 8.76. The first-order valence-electron chi connectivity index (χ1n) is 17.3. The van der Waals surface area contributed by atoms with Crippen molar-refractivity contribution in [1.29, 1.82) is 0 Å². The fourth-order valence-corrected chi connectivity index (χ4v) is 6.28. The summed E-state index contributed by atoms with van der Waals surface area (Å²) in [5.41, 5.74) is 6.20. The Kier molecular flexibility index (Phi) is 10.6. The number of hydrogen-bond acceptors (Lipinski definition) is 13. The molecule has 56 heavy (non-hydrogen) atoms. The minimum Gasteiger partial charge on any atom is -0.493 e. The van der Waals surface area contributed by atoms with Crippen molar-refractivity contribution >= 4 is 56.2 Å². The predicted molar refractivity (Wildman–Crippen MR) is 208 cm³/mol. The predicted octanol–water partition coefficient (Wildman–Crippen LogP) is 6.29. The van der Waals surface area contributed by atoms with Gasteiger partial charge < -0.3 is 53.0 Å². The maximum absolute atomic E-state index is 14.1. The van der Waals surface area contributed by atoms with E-state index >= 15 is 0 Å². The van der Waals surface area contributed by atoms with E-state index in [1.54, 1.807) is 55.6 Å². The summed E-state index contributed by atoms with van der Waals surface area (Å²) in [6, 6.07) is 11.2. The highest BCUT2D eigenvalue weighted by molar-refractivity contribution is 6.22. The van der Waals surface area contributed by atoms with Gasteiger partial charge in [-0.1, -0.05) is 12.1 Å². The summed E-state index contributed by atoms with van der Waals surface area (Å²) >= 11 is 0. The van der Waals surface area contributed by atoms with Crippen LogP contribution in [0.1, 0.15) is 27.7 Å². The maximum atomic E-state index is 14.1. The van der Waals surface area contributed by atoms with Crippen LogP contribution in [0.15, 0.2) is 76.6 Å². The monoisotopic (exact) mass is 767 g/mol. The number of esters is 2. The molecule has 0 radical (unpaired) electrons. The molecular weight excluding hydrogens is 726 g/mol. The Hall–Kier alpha value is -6.74. The van der Waals surface area contributed by atoms with Gasteiger partial charge in [0.05, 0.1) is 34.0 Å². The average Bonchev–Trinajstić information content (AvgIpc) is 3.52. The van der Waals surface area contributed by atoms with Crippen LogP contribution >= 0.6 is 0 Å². The first-order valence-corrected chi connectivity index (χ1v) is 17.3. The number of hydrogen-bond donors (Lipinski definition) is 2. The second-order valence-corrected chi connectivity index (χ2v) is 13.7. The van der Waals surface area contributed by atoms with Gasteiger partial charge in [-0.15, -0.1) is 6.58 Å². The average molecular weight is 768 g/mol. The number of nitrogens with zero attached hydrogens (tertiary/aromatic N) is 1. The second kappa shape index (κ2) is 15.2. The third-order valence-corrected chi connectivity index (χ3v) is 8.76. The highest BCUT2D eigenvalue weighted by Gasteiger charge is 2.28. The fraction of sp³-hybridized carbons (Fsp3) is 0.268. The van der Waals surface area contributed by atoms with E-state index in [0.717, 1.165) is 5.39 Å². The molecule has 0 saturated heterocycles. The van der Waals surface area contributed by atoms with E-state index in [1.807, 2.05) is 18.2 Å². The molecule has 15 nitrogen and oxygen atoms in total. The first-order chi connectivity index (χ1) is 26.6. The van der Waals surface area contributed by atoms with Crippen LogP contribution in [0.5, 0.6) is 34.5 Å². The molecule has 0 aliphatic rings. The zero-order valence-corrected chi connectivity index (χ0v) is 32.1. The van der Waals surface area contributed by atoms with Crippen molar-refractivity contribution in [2.24, 2.45) is 5.73 Å². The van der Waals surface area contributed by atoms with Crippen LogP contribution in [0.4, 0.5) is 4.79 Å². The van der Waals surface area contributed by atoms with Crippen LogP contribution < -0.4 is 45.1 Å². The summed E-state index contributed by atoms with van der Waals surface area (Å²) in [5.74, 6) is -0.248. The van der Waals surface area contributed by atoms with Gasteiger partial charge in [-0.05, 0) is 75.0 Å². The van der Waals surface area contributed by atoms with E-state index in [4.69, 9.17) is 43.3 Å². The molecule has 0 unspecified atom stereocenters. The number of benzene rings is 3. The van der Waals surface area contributed by atoms with Crippen molar-refractivity contribution in [3.8, 4) is 45.6 Å². The van der Waals surface area contributed by atoms with Gasteiger partial charge in [0.2, 0.25) is 0 Å². The van der Waals surface area contributed by atoms with Gasteiger partial charge in [-0.2, -0.15) is 0 Å². The number of nitrogens with one attached hydrogen (secondary N) is 1. The normalized spacial score (nSPS) is 12.6. The minimum absolute atomic E-state index is 0.0523. The van der Waals surface area contributed by atoms with Crippen LogP contribution in [-0.2, 0) is 14.3 Å². The molecule has 0 aliphatic heterocycles. The smallest absolute Gasteiger partial charge is 0.408 e. The van der Waals surface area contributed by atoms with Crippen LogP contribution in [0.25, 0.3) is 49.3 Å². The van der Waals surface area contributed by atoms with Crippen LogP contribution in [0.2, 0.25) is 0 Å². The van der Waals surface area contributed by atoms with Crippen LogP contribution in [0, 0.1) is 0 Å². The molecular formula is C41H41N3O12. The van der Waals surface area contributed by atoms with Gasteiger partial charge in [0.15, 0.2) is 34.5 Å². The van der Waals surface area contributed by atoms with E-state index in [1.165, 1.54) is 47.5 Å². The fourth-order valence-electron chi connectivity index (χ4n) is 6.28. The van der Waals surface area contributed by atoms with E-state index < -0.39 is 41.3 Å². The van der Waals surface area contributed by atoms with Gasteiger partial charge in [-0.25, -0.2) is 19.2 Å². The summed E-state index contributed by atoms with van der Waals surface area (Å²) in [7, 11) is 5.88. The molecule has 0 saturated carbocycles. The lowest BCUT2D eigenvalue weighted by Crippen LogP contribution is -2.44. The lowest BCUT2D eigenvalue weighted by Gasteiger charge is -2.21. The zero-order chi connectivity index (χ0) is 40.6. The number of carbonyl (C=O) groups excluding carboxylic acids is 3. The molecule has 0 spiro atoms. The number of amides is 1. The number of pyridine rings is 1. The molecule has 0 fully saturated rings. The second-order valence-electron chi connectivity index (χ2n) is 13.7. The molecule has 3 aromatic carbocycles. The molecule has 3 heterocycles. The van der Waals surface area contributed by atoms with E-state index in [2.05, 4.69) is 11.9 Å². The highest BCUT2D eigenvalue weighted by Crippen LogP contribution is 2.46. The van der Waals surface area contributed by atoms with Gasteiger partial charge in [-0.3, -0.25) is 0 Å². The summed E-state index contributed by atoms with van der Waals surface area (Å²) in [5, 5.41) is 4.75. The van der Waals surface area contributed by atoms with Crippen molar-refractivity contribution in [2.45, 2.75) is 45.4 Å². The zero-order valence-electron chi connectivity index (χ0n) is 32.1.